The predicted molar refractivity (Wildman–Crippen MR) is 150 cm³/mol. The van der Waals surface area contributed by atoms with E-state index in [4.69, 9.17) is 23.4 Å². The van der Waals surface area contributed by atoms with Gasteiger partial charge in [-0.3, -0.25) is 10.1 Å². The Morgan fingerprint density at radius 3 is 2.59 bits per heavy atom. The number of carboxylic acid groups (broad SMARTS) is 1. The first-order valence-corrected chi connectivity index (χ1v) is 13.6. The van der Waals surface area contributed by atoms with Gasteiger partial charge in [0.25, 0.3) is 0 Å². The topological polar surface area (TPSA) is 90.9 Å². The van der Waals surface area contributed by atoms with E-state index < -0.39 is 17.2 Å². The molecule has 37 heavy (non-hydrogen) atoms. The summed E-state index contributed by atoms with van der Waals surface area (Å²) in [6, 6.07) is 4.46. The number of amides is 2. The number of hydrogen-bond acceptors (Lipinski definition) is 5. The molecule has 0 heterocycles. The van der Waals surface area contributed by atoms with Gasteiger partial charge in [-0.05, 0) is 87.7 Å². The van der Waals surface area contributed by atoms with Crippen LogP contribution < -0.4 is 15.4 Å². The molecule has 1 saturated carbocycles. The molecular formula is C27H36FN3O4S2. The standard InChI is InChI=1S/C27H36FN3O4S2/c1-6-19-7-10-21(11-8-19)31(14-13-20-9-12-23(35-5)22(28)15-20)26(34)30-25(36)29-16-18(2)37-17-27(3,4)24(32)33/h1,9,12,15-16,19,21H,7-8,10-11,13-14,17H2,2-5H3,(H,32,33)(H2,29,30,34,36)/b18-16+. The Hall–Kier alpha value is -2.77. The number of urea groups is 1. The highest BCUT2D eigenvalue weighted by Crippen LogP contribution is 2.28. The number of halogens is 1. The lowest BCUT2D eigenvalue weighted by atomic mass is 9.86. The van der Waals surface area contributed by atoms with Gasteiger partial charge in [-0.25, -0.2) is 9.18 Å². The van der Waals surface area contributed by atoms with E-state index in [2.05, 4.69) is 16.6 Å². The third kappa shape index (κ3) is 9.56. The molecule has 2 rings (SSSR count). The minimum atomic E-state index is -0.864. The van der Waals surface area contributed by atoms with Crippen LogP contribution in [0.2, 0.25) is 0 Å². The summed E-state index contributed by atoms with van der Waals surface area (Å²) in [5.41, 5.74) is -0.103. The third-order valence-electron chi connectivity index (χ3n) is 6.36. The molecule has 1 aliphatic rings. The van der Waals surface area contributed by atoms with E-state index in [0.717, 1.165) is 36.2 Å². The lowest BCUT2D eigenvalue weighted by molar-refractivity contribution is -0.145. The molecule has 2 amide bonds. The van der Waals surface area contributed by atoms with Gasteiger partial charge in [-0.2, -0.15) is 0 Å². The van der Waals surface area contributed by atoms with Gasteiger partial charge in [-0.15, -0.1) is 24.1 Å². The summed E-state index contributed by atoms with van der Waals surface area (Å²) in [4.78, 5) is 27.1. The Morgan fingerprint density at radius 2 is 2.03 bits per heavy atom. The van der Waals surface area contributed by atoms with Gasteiger partial charge in [-0.1, -0.05) is 6.07 Å². The van der Waals surface area contributed by atoms with Crippen LogP contribution in [-0.2, 0) is 11.2 Å². The Balaban J connectivity index is 2.01. The number of ether oxygens (including phenoxy) is 1. The van der Waals surface area contributed by atoms with Crippen LogP contribution in [0.4, 0.5) is 9.18 Å². The molecule has 1 aromatic carbocycles. The summed E-state index contributed by atoms with van der Waals surface area (Å²) in [5.74, 6) is 2.29. The predicted octanol–water partition coefficient (Wildman–Crippen LogP) is 5.16. The number of benzene rings is 1. The molecule has 7 nitrogen and oxygen atoms in total. The van der Waals surface area contributed by atoms with E-state index in [0.29, 0.717) is 18.7 Å². The van der Waals surface area contributed by atoms with Crippen LogP contribution in [0.5, 0.6) is 5.75 Å². The second kappa shape index (κ2) is 14.2. The van der Waals surface area contributed by atoms with Crippen LogP contribution in [0.15, 0.2) is 29.3 Å². The molecule has 0 atom stereocenters. The van der Waals surface area contributed by atoms with Gasteiger partial charge in [0, 0.05) is 30.5 Å². The maximum Gasteiger partial charge on any atom is 0.323 e. The number of carbonyl (C=O) groups excluding carboxylic acids is 1. The van der Waals surface area contributed by atoms with Gasteiger partial charge in [0.15, 0.2) is 16.7 Å². The number of nitrogens with one attached hydrogen (secondary N) is 2. The monoisotopic (exact) mass is 549 g/mol. The zero-order valence-electron chi connectivity index (χ0n) is 21.8. The average molecular weight is 550 g/mol. The van der Waals surface area contributed by atoms with Gasteiger partial charge in [0.1, 0.15) is 0 Å². The van der Waals surface area contributed by atoms with E-state index in [1.165, 1.54) is 24.9 Å². The van der Waals surface area contributed by atoms with Crippen LogP contribution in [0.1, 0.15) is 52.0 Å². The molecule has 10 heteroatoms. The normalized spacial score (nSPS) is 17.9. The SMILES string of the molecule is C#CC1CCC(N(CCc2ccc(OC)c(F)c2)C(=O)NC(=S)N/C=C(\C)SCC(C)(C)C(=O)O)CC1. The van der Waals surface area contributed by atoms with Crippen molar-refractivity contribution in [3.8, 4) is 18.1 Å². The van der Waals surface area contributed by atoms with Crippen molar-refractivity contribution in [2.24, 2.45) is 11.3 Å². The molecule has 1 aromatic rings. The number of rotatable bonds is 10. The van der Waals surface area contributed by atoms with Crippen LogP contribution in [0.25, 0.3) is 0 Å². The summed E-state index contributed by atoms with van der Waals surface area (Å²) >= 11 is 6.71. The van der Waals surface area contributed by atoms with Gasteiger partial charge in [0.2, 0.25) is 0 Å². The molecule has 0 aliphatic heterocycles. The smallest absolute Gasteiger partial charge is 0.323 e. The Kier molecular flexibility index (Phi) is 11.7. The first-order chi connectivity index (χ1) is 17.5. The van der Waals surface area contributed by atoms with Crippen LogP contribution in [-0.4, -0.2) is 52.6 Å². The Bertz CT molecular complexity index is 1050. The highest BCUT2D eigenvalue weighted by atomic mass is 32.2. The van der Waals surface area contributed by atoms with Crippen molar-refractivity contribution in [1.29, 1.82) is 0 Å². The van der Waals surface area contributed by atoms with Crippen molar-refractivity contribution in [1.82, 2.24) is 15.5 Å². The van der Waals surface area contributed by atoms with E-state index in [1.54, 1.807) is 37.1 Å². The molecule has 0 radical (unpaired) electrons. The molecule has 3 N–H and O–H groups in total. The maximum absolute atomic E-state index is 14.2. The molecule has 0 spiro atoms. The lowest BCUT2D eigenvalue weighted by Gasteiger charge is -2.36. The largest absolute Gasteiger partial charge is 0.494 e. The van der Waals surface area contributed by atoms with Crippen molar-refractivity contribution in [3.63, 3.8) is 0 Å². The fourth-order valence-electron chi connectivity index (χ4n) is 3.89. The van der Waals surface area contributed by atoms with Crippen molar-refractivity contribution < 1.29 is 23.8 Å². The van der Waals surface area contributed by atoms with Crippen molar-refractivity contribution in [2.45, 2.75) is 58.9 Å². The number of carboxylic acids is 1. The quantitative estimate of drug-likeness (QED) is 0.274. The number of hydrogen-bond donors (Lipinski definition) is 3. The van der Waals surface area contributed by atoms with E-state index in [1.807, 2.05) is 6.92 Å². The summed E-state index contributed by atoms with van der Waals surface area (Å²) < 4.78 is 19.1. The summed E-state index contributed by atoms with van der Waals surface area (Å²) in [7, 11) is 1.42. The molecule has 202 valence electrons. The van der Waals surface area contributed by atoms with Crippen molar-refractivity contribution >= 4 is 41.1 Å². The summed E-state index contributed by atoms with van der Waals surface area (Å²) in [6.07, 6.45) is 11.0. The third-order valence-corrected chi connectivity index (χ3v) is 8.02. The number of aliphatic carboxylic acids is 1. The number of methoxy groups -OCH3 is 1. The first-order valence-electron chi connectivity index (χ1n) is 12.2. The minimum Gasteiger partial charge on any atom is -0.494 e. The van der Waals surface area contributed by atoms with Gasteiger partial charge < -0.3 is 20.1 Å². The zero-order chi connectivity index (χ0) is 27.6. The number of carbonyl (C=O) groups is 2. The van der Waals surface area contributed by atoms with Crippen LogP contribution >= 0.6 is 24.0 Å². The lowest BCUT2D eigenvalue weighted by Crippen LogP contribution is -2.51. The first kappa shape index (κ1) is 30.5. The van der Waals surface area contributed by atoms with Crippen LogP contribution in [0, 0.1) is 29.5 Å². The molecule has 0 bridgehead atoms. The van der Waals surface area contributed by atoms with E-state index in [9.17, 15) is 19.1 Å². The Labute approximate surface area is 228 Å². The van der Waals surface area contributed by atoms with E-state index >= 15 is 0 Å². The van der Waals surface area contributed by atoms with Gasteiger partial charge in [0.05, 0.1) is 12.5 Å². The highest BCUT2D eigenvalue weighted by molar-refractivity contribution is 8.03. The fourth-order valence-corrected chi connectivity index (χ4v) is 4.89. The second-order valence-corrected chi connectivity index (χ2v) is 11.4. The number of thiocarbonyl (C=S) groups is 1. The fraction of sp³-hybridized carbons (Fsp3) is 0.519. The number of nitrogens with zero attached hydrogens (tertiary/aromatic N) is 1. The molecule has 0 unspecified atom stereocenters. The zero-order valence-corrected chi connectivity index (χ0v) is 23.4. The molecule has 1 fully saturated rings. The molecule has 0 aromatic heterocycles. The number of thioether (sulfide) groups is 1. The van der Waals surface area contributed by atoms with Crippen molar-refractivity contribution in [3.05, 3.63) is 40.7 Å². The molecular weight excluding hydrogens is 513 g/mol. The maximum atomic E-state index is 14.2. The summed E-state index contributed by atoms with van der Waals surface area (Å²) in [5, 5.41) is 15.0. The number of terminal acetylenes is 1. The number of allylic oxidation sites excluding steroid dienone is 1. The molecule has 0 saturated heterocycles. The van der Waals surface area contributed by atoms with E-state index in [-0.39, 0.29) is 28.9 Å². The van der Waals surface area contributed by atoms with Crippen LogP contribution in [0.3, 0.4) is 0 Å². The highest BCUT2D eigenvalue weighted by Gasteiger charge is 2.29. The second-order valence-electron chi connectivity index (χ2n) is 9.72. The molecule has 1 aliphatic carbocycles. The Morgan fingerprint density at radius 1 is 1.35 bits per heavy atom. The summed E-state index contributed by atoms with van der Waals surface area (Å²) in [6.45, 7) is 5.56. The minimum absolute atomic E-state index is 0.00146. The van der Waals surface area contributed by atoms with Gasteiger partial charge >= 0.3 is 12.0 Å². The average Bonchev–Trinajstić information content (AvgIpc) is 2.86. The van der Waals surface area contributed by atoms with Crippen molar-refractivity contribution in [2.75, 3.05) is 19.4 Å².